The lowest BCUT2D eigenvalue weighted by atomic mass is 9.78. The van der Waals surface area contributed by atoms with Gasteiger partial charge in [-0.1, -0.05) is 0 Å². The second-order valence-corrected chi connectivity index (χ2v) is 6.64. The molecule has 0 bridgehead atoms. The summed E-state index contributed by atoms with van der Waals surface area (Å²) in [5.41, 5.74) is 13.6. The van der Waals surface area contributed by atoms with E-state index < -0.39 is 0 Å². The van der Waals surface area contributed by atoms with E-state index in [1.165, 1.54) is 0 Å². The first-order chi connectivity index (χ1) is 10.0. The van der Waals surface area contributed by atoms with Gasteiger partial charge in [-0.25, -0.2) is 9.97 Å². The Hall–Kier alpha value is -1.24. The summed E-state index contributed by atoms with van der Waals surface area (Å²) in [5.74, 6) is 2.08. The molecule has 3 rings (SSSR count). The lowest BCUT2D eigenvalue weighted by Crippen LogP contribution is -2.36. The number of anilines is 1. The first-order valence-electron chi connectivity index (χ1n) is 7.84. The fourth-order valence-electron chi connectivity index (χ4n) is 3.33. The molecule has 0 aromatic carbocycles. The predicted octanol–water partition coefficient (Wildman–Crippen LogP) is 0.618. The normalized spacial score (nSPS) is 35.5. The van der Waals surface area contributed by atoms with Gasteiger partial charge >= 0.3 is 0 Å². The lowest BCUT2D eigenvalue weighted by molar-refractivity contribution is 0.345. The average molecular weight is 290 g/mol. The topological polar surface area (TPSA) is 79.1 Å². The van der Waals surface area contributed by atoms with E-state index in [0.29, 0.717) is 30.0 Å². The van der Waals surface area contributed by atoms with E-state index in [-0.39, 0.29) is 0 Å². The highest BCUT2D eigenvalue weighted by molar-refractivity contribution is 5.39. The van der Waals surface area contributed by atoms with Crippen molar-refractivity contribution >= 4 is 5.82 Å². The lowest BCUT2D eigenvalue weighted by Gasteiger charge is -2.32. The molecule has 6 nitrogen and oxygen atoms in total. The Morgan fingerprint density at radius 1 is 1.24 bits per heavy atom. The van der Waals surface area contributed by atoms with E-state index >= 15 is 0 Å². The fraction of sp³-hybridized carbons (Fsp3) is 0.733. The molecule has 2 atom stereocenters. The number of hydrogen-bond acceptors (Lipinski definition) is 6. The third kappa shape index (κ3) is 3.02. The number of hydrazine groups is 1. The summed E-state index contributed by atoms with van der Waals surface area (Å²) in [7, 11) is 2.11. The molecule has 2 unspecified atom stereocenters. The van der Waals surface area contributed by atoms with Gasteiger partial charge in [-0.15, -0.1) is 0 Å². The Bertz CT molecular complexity index is 477. The average Bonchev–Trinajstić information content (AvgIpc) is 2.76. The van der Waals surface area contributed by atoms with Crippen molar-refractivity contribution in [2.75, 3.05) is 18.5 Å². The summed E-state index contributed by atoms with van der Waals surface area (Å²) in [6, 6.07) is 3.41. The predicted molar refractivity (Wildman–Crippen MR) is 83.9 cm³/mol. The van der Waals surface area contributed by atoms with E-state index in [0.717, 1.165) is 30.9 Å². The number of nitrogens with one attached hydrogen (secondary N) is 2. The molecular weight excluding hydrogens is 264 g/mol. The van der Waals surface area contributed by atoms with Gasteiger partial charge in [0.25, 0.3) is 0 Å². The Balaban J connectivity index is 1.67. The van der Waals surface area contributed by atoms with E-state index in [1.54, 1.807) is 6.33 Å². The largest absolute Gasteiger partial charge is 0.359 e. The zero-order valence-electron chi connectivity index (χ0n) is 13.1. The molecule has 2 fully saturated rings. The van der Waals surface area contributed by atoms with Gasteiger partial charge in [-0.05, 0) is 26.7 Å². The Kier molecular flexibility index (Phi) is 4.10. The van der Waals surface area contributed by atoms with Crippen LogP contribution < -0.4 is 21.5 Å². The number of hydrogen-bond donors (Lipinski definition) is 3. The van der Waals surface area contributed by atoms with E-state index in [2.05, 4.69) is 52.7 Å². The molecule has 6 heteroatoms. The molecule has 1 aromatic heterocycles. The highest BCUT2D eigenvalue weighted by Crippen LogP contribution is 2.35. The standard InChI is InChI=1S/C15H26N6/c1-9-13(10(2)20-19-9)7-21(3)15-6-14(17-8-18-15)11-4-12(16)5-11/h6,8-13,19-20H,4-5,7,16H2,1-3H3. The second kappa shape index (κ2) is 5.87. The Morgan fingerprint density at radius 2 is 1.90 bits per heavy atom. The van der Waals surface area contributed by atoms with Gasteiger partial charge in [-0.2, -0.15) is 0 Å². The smallest absolute Gasteiger partial charge is 0.131 e. The van der Waals surface area contributed by atoms with Crippen LogP contribution >= 0.6 is 0 Å². The van der Waals surface area contributed by atoms with Crippen molar-refractivity contribution in [3.8, 4) is 0 Å². The van der Waals surface area contributed by atoms with Crippen LogP contribution in [0.4, 0.5) is 5.82 Å². The van der Waals surface area contributed by atoms with E-state index in [1.807, 2.05) is 0 Å². The SMILES string of the molecule is CC1NNC(C)C1CN(C)c1cc(C2CC(N)C2)ncn1. The monoisotopic (exact) mass is 290 g/mol. The van der Waals surface area contributed by atoms with Crippen molar-refractivity contribution in [2.24, 2.45) is 11.7 Å². The van der Waals surface area contributed by atoms with Crippen LogP contribution in [0.2, 0.25) is 0 Å². The van der Waals surface area contributed by atoms with Gasteiger partial charge in [0.05, 0.1) is 0 Å². The van der Waals surface area contributed by atoms with Crippen molar-refractivity contribution in [3.05, 3.63) is 18.1 Å². The number of rotatable bonds is 4. The Morgan fingerprint density at radius 3 is 2.52 bits per heavy atom. The van der Waals surface area contributed by atoms with E-state index in [4.69, 9.17) is 5.73 Å². The maximum Gasteiger partial charge on any atom is 0.131 e. The first kappa shape index (κ1) is 14.7. The molecule has 2 heterocycles. The minimum atomic E-state index is 0.350. The fourth-order valence-corrected chi connectivity index (χ4v) is 3.33. The summed E-state index contributed by atoms with van der Waals surface area (Å²) in [6.45, 7) is 5.41. The van der Waals surface area contributed by atoms with Crippen molar-refractivity contribution < 1.29 is 0 Å². The molecule has 1 aromatic rings. The summed E-state index contributed by atoms with van der Waals surface area (Å²) in [5, 5.41) is 0. The van der Waals surface area contributed by atoms with E-state index in [9.17, 15) is 0 Å². The number of nitrogens with two attached hydrogens (primary N) is 1. The molecule has 116 valence electrons. The molecule has 2 aliphatic rings. The maximum atomic E-state index is 5.88. The van der Waals surface area contributed by atoms with Gasteiger partial charge in [0.2, 0.25) is 0 Å². The van der Waals surface area contributed by atoms with Gasteiger partial charge in [0.1, 0.15) is 12.1 Å². The highest BCUT2D eigenvalue weighted by atomic mass is 15.4. The number of nitrogens with zero attached hydrogens (tertiary/aromatic N) is 3. The molecule has 0 spiro atoms. The van der Waals surface area contributed by atoms with Gasteiger partial charge < -0.3 is 10.6 Å². The van der Waals surface area contributed by atoms with Crippen molar-refractivity contribution in [1.29, 1.82) is 0 Å². The zero-order valence-corrected chi connectivity index (χ0v) is 13.1. The molecule has 1 aliphatic heterocycles. The van der Waals surface area contributed by atoms with Crippen LogP contribution in [0.25, 0.3) is 0 Å². The van der Waals surface area contributed by atoms with Gasteiger partial charge in [0, 0.05) is 55.3 Å². The third-order valence-electron chi connectivity index (χ3n) is 4.97. The summed E-state index contributed by atoms with van der Waals surface area (Å²) in [4.78, 5) is 11.1. The molecule has 1 saturated carbocycles. The van der Waals surface area contributed by atoms with Crippen LogP contribution in [0.1, 0.15) is 38.3 Å². The highest BCUT2D eigenvalue weighted by Gasteiger charge is 2.32. The van der Waals surface area contributed by atoms with Crippen molar-refractivity contribution in [1.82, 2.24) is 20.8 Å². The molecule has 0 radical (unpaired) electrons. The van der Waals surface area contributed by atoms with Gasteiger partial charge in [0.15, 0.2) is 0 Å². The van der Waals surface area contributed by atoms with Crippen LogP contribution in [0, 0.1) is 5.92 Å². The minimum absolute atomic E-state index is 0.350. The molecular formula is C15H26N6. The van der Waals surface area contributed by atoms with Gasteiger partial charge in [-0.3, -0.25) is 10.9 Å². The second-order valence-electron chi connectivity index (χ2n) is 6.64. The van der Waals surface area contributed by atoms with Crippen LogP contribution in [0.5, 0.6) is 0 Å². The molecule has 4 N–H and O–H groups in total. The van der Waals surface area contributed by atoms with Crippen molar-refractivity contribution in [3.63, 3.8) is 0 Å². The summed E-state index contributed by atoms with van der Waals surface area (Å²) >= 11 is 0. The van der Waals surface area contributed by atoms with Crippen LogP contribution in [0.15, 0.2) is 12.4 Å². The molecule has 0 amide bonds. The first-order valence-corrected chi connectivity index (χ1v) is 7.84. The number of aromatic nitrogens is 2. The molecule has 1 saturated heterocycles. The molecule has 1 aliphatic carbocycles. The summed E-state index contributed by atoms with van der Waals surface area (Å²) in [6.07, 6.45) is 3.78. The minimum Gasteiger partial charge on any atom is -0.359 e. The van der Waals surface area contributed by atoms with Crippen LogP contribution in [0.3, 0.4) is 0 Å². The summed E-state index contributed by atoms with van der Waals surface area (Å²) < 4.78 is 0. The Labute approximate surface area is 126 Å². The zero-order chi connectivity index (χ0) is 15.0. The molecule has 21 heavy (non-hydrogen) atoms. The van der Waals surface area contributed by atoms with Crippen LogP contribution in [-0.4, -0.2) is 41.7 Å². The van der Waals surface area contributed by atoms with Crippen LogP contribution in [-0.2, 0) is 0 Å². The maximum absolute atomic E-state index is 5.88. The quantitative estimate of drug-likeness (QED) is 0.754. The third-order valence-corrected chi connectivity index (χ3v) is 4.97. The van der Waals surface area contributed by atoms with Crippen molar-refractivity contribution in [2.45, 2.75) is 50.7 Å².